The lowest BCUT2D eigenvalue weighted by Crippen LogP contribution is -2.46. The van der Waals surface area contributed by atoms with Crippen LogP contribution in [0.1, 0.15) is 30.9 Å². The van der Waals surface area contributed by atoms with E-state index in [1.54, 1.807) is 6.92 Å². The normalized spacial score (nSPS) is 18.0. The van der Waals surface area contributed by atoms with E-state index in [-0.39, 0.29) is 24.1 Å². The molecule has 28 heavy (non-hydrogen) atoms. The molecular formula is C22H28N2O3S. The van der Waals surface area contributed by atoms with Crippen LogP contribution in [0.25, 0.3) is 0 Å². The van der Waals surface area contributed by atoms with E-state index in [2.05, 4.69) is 0 Å². The maximum absolute atomic E-state index is 13.4. The van der Waals surface area contributed by atoms with Gasteiger partial charge in [0.15, 0.2) is 0 Å². The third kappa shape index (κ3) is 5.20. The molecule has 0 unspecified atom stereocenters. The second-order valence-corrected chi connectivity index (χ2v) is 9.52. The van der Waals surface area contributed by atoms with Crippen molar-refractivity contribution in [2.45, 2.75) is 32.9 Å². The van der Waals surface area contributed by atoms with E-state index in [1.807, 2.05) is 65.6 Å². The van der Waals surface area contributed by atoms with Crippen molar-refractivity contribution >= 4 is 15.9 Å². The number of hydrogen-bond donors (Lipinski definition) is 0. The van der Waals surface area contributed by atoms with Gasteiger partial charge >= 0.3 is 0 Å². The summed E-state index contributed by atoms with van der Waals surface area (Å²) in [7, 11) is -3.27. The molecule has 2 aromatic rings. The van der Waals surface area contributed by atoms with E-state index in [9.17, 15) is 13.2 Å². The Morgan fingerprint density at radius 2 is 1.54 bits per heavy atom. The predicted molar refractivity (Wildman–Crippen MR) is 111 cm³/mol. The Labute approximate surface area is 168 Å². The molecule has 3 rings (SSSR count). The minimum absolute atomic E-state index is 0.0312. The van der Waals surface area contributed by atoms with Crippen LogP contribution in [0.2, 0.25) is 0 Å². The number of rotatable bonds is 7. The first-order valence-corrected chi connectivity index (χ1v) is 11.4. The Morgan fingerprint density at radius 3 is 2.04 bits per heavy atom. The van der Waals surface area contributed by atoms with Crippen molar-refractivity contribution in [3.05, 3.63) is 71.8 Å². The maximum Gasteiger partial charge on any atom is 0.227 e. The van der Waals surface area contributed by atoms with Crippen molar-refractivity contribution in [3.8, 4) is 0 Å². The average molecular weight is 401 g/mol. The lowest BCUT2D eigenvalue weighted by molar-refractivity contribution is -0.138. The molecule has 0 radical (unpaired) electrons. The molecule has 0 N–H and O–H groups in total. The monoisotopic (exact) mass is 400 g/mol. The van der Waals surface area contributed by atoms with Crippen LogP contribution in [0, 0.1) is 5.92 Å². The zero-order valence-corrected chi connectivity index (χ0v) is 17.1. The molecule has 150 valence electrons. The number of benzene rings is 2. The number of amides is 1. The summed E-state index contributed by atoms with van der Waals surface area (Å²) in [6.07, 6.45) is 1.45. The summed E-state index contributed by atoms with van der Waals surface area (Å²) in [5.74, 6) is -0.183. The zero-order valence-electron chi connectivity index (χ0n) is 16.3. The third-order valence-electron chi connectivity index (χ3n) is 5.24. The number of piperidine rings is 1. The molecule has 0 bridgehead atoms. The van der Waals surface area contributed by atoms with Gasteiger partial charge in [-0.3, -0.25) is 4.79 Å². The fourth-order valence-electron chi connectivity index (χ4n) is 3.66. The van der Waals surface area contributed by atoms with Gasteiger partial charge in [0, 0.05) is 26.2 Å². The highest BCUT2D eigenvalue weighted by molar-refractivity contribution is 7.89. The Hall–Kier alpha value is -2.18. The molecule has 2 aromatic carbocycles. The van der Waals surface area contributed by atoms with Crippen molar-refractivity contribution < 1.29 is 13.2 Å². The third-order valence-corrected chi connectivity index (χ3v) is 7.08. The molecular weight excluding hydrogens is 372 g/mol. The second kappa shape index (κ2) is 9.34. The Balaban J connectivity index is 1.79. The summed E-state index contributed by atoms with van der Waals surface area (Å²) in [6.45, 7) is 3.49. The van der Waals surface area contributed by atoms with Crippen LogP contribution in [0.5, 0.6) is 0 Å². The first kappa shape index (κ1) is 20.6. The summed E-state index contributed by atoms with van der Waals surface area (Å²) in [5.41, 5.74) is 2.14. The first-order valence-electron chi connectivity index (χ1n) is 9.84. The number of sulfonamides is 1. The summed E-state index contributed by atoms with van der Waals surface area (Å²) < 4.78 is 26.0. The quantitative estimate of drug-likeness (QED) is 0.717. The minimum Gasteiger partial charge on any atom is -0.334 e. The molecule has 0 spiro atoms. The fraction of sp³-hybridized carbons (Fsp3) is 0.409. The van der Waals surface area contributed by atoms with Gasteiger partial charge in [-0.15, -0.1) is 0 Å². The summed E-state index contributed by atoms with van der Waals surface area (Å²) in [4.78, 5) is 15.2. The van der Waals surface area contributed by atoms with E-state index >= 15 is 0 Å². The van der Waals surface area contributed by atoms with Crippen molar-refractivity contribution in [1.29, 1.82) is 0 Å². The molecule has 0 aromatic heterocycles. The van der Waals surface area contributed by atoms with Crippen molar-refractivity contribution in [2.24, 2.45) is 5.92 Å². The van der Waals surface area contributed by atoms with Crippen LogP contribution in [-0.4, -0.2) is 42.4 Å². The highest BCUT2D eigenvalue weighted by Crippen LogP contribution is 2.23. The van der Waals surface area contributed by atoms with Crippen molar-refractivity contribution in [3.63, 3.8) is 0 Å². The number of carbonyl (C=O) groups is 1. The van der Waals surface area contributed by atoms with Gasteiger partial charge in [-0.05, 0) is 30.9 Å². The molecule has 1 heterocycles. The Kier molecular flexibility index (Phi) is 6.86. The van der Waals surface area contributed by atoms with E-state index in [0.29, 0.717) is 19.6 Å². The van der Waals surface area contributed by atoms with Gasteiger partial charge in [0.05, 0.1) is 11.7 Å². The standard InChI is InChI=1S/C22H28N2O3S/c1-2-28(26,27)24-15-9-14-21(18-24)22(25)23(16-19-10-5-3-6-11-19)17-20-12-7-4-8-13-20/h3-8,10-13,21H,2,9,14-18H2,1H3/t21-/m0/s1. The number of hydrogen-bond acceptors (Lipinski definition) is 3. The second-order valence-electron chi connectivity index (χ2n) is 7.26. The smallest absolute Gasteiger partial charge is 0.227 e. The van der Waals surface area contributed by atoms with Gasteiger partial charge in [-0.2, -0.15) is 0 Å². The highest BCUT2D eigenvalue weighted by Gasteiger charge is 2.33. The van der Waals surface area contributed by atoms with Gasteiger partial charge in [0.2, 0.25) is 15.9 Å². The topological polar surface area (TPSA) is 57.7 Å². The number of nitrogens with zero attached hydrogens (tertiary/aromatic N) is 2. The van der Waals surface area contributed by atoms with Crippen LogP contribution in [-0.2, 0) is 27.9 Å². The summed E-state index contributed by atoms with van der Waals surface area (Å²) in [6, 6.07) is 19.9. The Bertz CT molecular complexity index is 828. The largest absolute Gasteiger partial charge is 0.334 e. The lowest BCUT2D eigenvalue weighted by atomic mass is 9.97. The molecule has 1 amide bonds. The summed E-state index contributed by atoms with van der Waals surface area (Å²) >= 11 is 0. The molecule has 0 saturated carbocycles. The molecule has 1 saturated heterocycles. The SMILES string of the molecule is CCS(=O)(=O)N1CCC[C@H](C(=O)N(Cc2ccccc2)Cc2ccccc2)C1. The molecule has 5 nitrogen and oxygen atoms in total. The van der Waals surface area contributed by atoms with Gasteiger partial charge in [0.1, 0.15) is 0 Å². The lowest BCUT2D eigenvalue weighted by Gasteiger charge is -2.34. The van der Waals surface area contributed by atoms with Crippen LogP contribution >= 0.6 is 0 Å². The van der Waals surface area contributed by atoms with Crippen LogP contribution in [0.15, 0.2) is 60.7 Å². The van der Waals surface area contributed by atoms with Crippen LogP contribution in [0.3, 0.4) is 0 Å². The predicted octanol–water partition coefficient (Wildman–Crippen LogP) is 3.28. The van der Waals surface area contributed by atoms with Crippen LogP contribution < -0.4 is 0 Å². The summed E-state index contributed by atoms with van der Waals surface area (Å²) in [5, 5.41) is 0. The fourth-order valence-corrected chi connectivity index (χ4v) is 4.84. The molecule has 1 atom stereocenters. The highest BCUT2D eigenvalue weighted by atomic mass is 32.2. The van der Waals surface area contributed by atoms with Crippen molar-refractivity contribution in [1.82, 2.24) is 9.21 Å². The van der Waals surface area contributed by atoms with Gasteiger partial charge in [-0.25, -0.2) is 12.7 Å². The maximum atomic E-state index is 13.4. The van der Waals surface area contributed by atoms with E-state index < -0.39 is 10.0 Å². The minimum atomic E-state index is -3.27. The first-order chi connectivity index (χ1) is 13.5. The molecule has 1 fully saturated rings. The molecule has 6 heteroatoms. The van der Waals surface area contributed by atoms with Crippen LogP contribution in [0.4, 0.5) is 0 Å². The molecule has 0 aliphatic carbocycles. The zero-order chi connectivity index (χ0) is 20.0. The average Bonchev–Trinajstić information content (AvgIpc) is 2.74. The van der Waals surface area contributed by atoms with Gasteiger partial charge in [-0.1, -0.05) is 60.7 Å². The van der Waals surface area contributed by atoms with E-state index in [0.717, 1.165) is 24.0 Å². The van der Waals surface area contributed by atoms with Crippen molar-refractivity contribution in [2.75, 3.05) is 18.8 Å². The van der Waals surface area contributed by atoms with E-state index in [1.165, 1.54) is 4.31 Å². The Morgan fingerprint density at radius 1 is 1.00 bits per heavy atom. The van der Waals surface area contributed by atoms with Gasteiger partial charge < -0.3 is 4.90 Å². The van der Waals surface area contributed by atoms with Gasteiger partial charge in [0.25, 0.3) is 0 Å². The van der Waals surface area contributed by atoms with E-state index in [4.69, 9.17) is 0 Å². The number of carbonyl (C=O) groups excluding carboxylic acids is 1. The molecule has 1 aliphatic heterocycles. The molecule has 1 aliphatic rings.